The molecule has 0 bridgehead atoms. The fourth-order valence-electron chi connectivity index (χ4n) is 1.53. The molecule has 0 atom stereocenters. The van der Waals surface area contributed by atoms with Gasteiger partial charge in [-0.05, 0) is 22.4 Å². The predicted molar refractivity (Wildman–Crippen MR) is 77.8 cm³/mol. The summed E-state index contributed by atoms with van der Waals surface area (Å²) >= 11 is 3.13. The van der Waals surface area contributed by atoms with E-state index in [2.05, 4.69) is 31.2 Å². The molecule has 2 N–H and O–H groups in total. The molecule has 1 rings (SSSR count). The summed E-state index contributed by atoms with van der Waals surface area (Å²) in [6.07, 6.45) is 3.13. The van der Waals surface area contributed by atoms with Crippen molar-refractivity contribution in [2.24, 2.45) is 0 Å². The number of hydrogen-bond donors (Lipinski definition) is 2. The topological polar surface area (TPSA) is 95.2 Å². The van der Waals surface area contributed by atoms with Crippen molar-refractivity contribution in [3.05, 3.63) is 21.2 Å². The van der Waals surface area contributed by atoms with Crippen LogP contribution in [0.3, 0.4) is 0 Å². The average molecular weight is 353 g/mol. The Morgan fingerprint density at radius 3 is 2.79 bits per heavy atom. The minimum absolute atomic E-state index is 0.260. The molecule has 9 heteroatoms. The highest BCUT2D eigenvalue weighted by Gasteiger charge is 2.13. The van der Waals surface area contributed by atoms with Crippen LogP contribution >= 0.6 is 15.9 Å². The van der Waals surface area contributed by atoms with Crippen molar-refractivity contribution in [3.63, 3.8) is 0 Å². The van der Waals surface area contributed by atoms with E-state index in [0.29, 0.717) is 36.3 Å². The first-order valence-corrected chi connectivity index (χ1v) is 8.42. The van der Waals surface area contributed by atoms with Crippen molar-refractivity contribution in [2.75, 3.05) is 31.2 Å². The van der Waals surface area contributed by atoms with Gasteiger partial charge in [0.25, 0.3) is 5.56 Å². The third-order valence-corrected chi connectivity index (χ3v) is 4.61. The number of anilines is 1. The van der Waals surface area contributed by atoms with Gasteiger partial charge in [-0.3, -0.25) is 4.79 Å². The summed E-state index contributed by atoms with van der Waals surface area (Å²) in [5.74, 6) is 0.450. The Morgan fingerprint density at radius 2 is 2.21 bits per heavy atom. The van der Waals surface area contributed by atoms with Crippen LogP contribution in [0.25, 0.3) is 0 Å². The summed E-state index contributed by atoms with van der Waals surface area (Å²) in [4.78, 5) is 17.7. The standard InChI is InChI=1S/C10H17BrN4O3S/c1-3-15(19(2,17)18)6-4-5-12-9-8(11)10(16)14-7-13-9/h7H,3-6H2,1-2H3,(H2,12,13,14,16). The lowest BCUT2D eigenvalue weighted by atomic mass is 10.4. The van der Waals surface area contributed by atoms with Gasteiger partial charge in [0.15, 0.2) is 0 Å². The third kappa shape index (κ3) is 4.92. The molecule has 1 aromatic heterocycles. The van der Waals surface area contributed by atoms with Crippen LogP contribution in [0.5, 0.6) is 0 Å². The number of aromatic amines is 1. The fourth-order valence-corrected chi connectivity index (χ4v) is 2.81. The third-order valence-electron chi connectivity index (χ3n) is 2.50. The highest BCUT2D eigenvalue weighted by molar-refractivity contribution is 9.10. The van der Waals surface area contributed by atoms with Crippen LogP contribution in [0.4, 0.5) is 5.82 Å². The molecule has 0 unspecified atom stereocenters. The molecule has 0 saturated carbocycles. The zero-order valence-corrected chi connectivity index (χ0v) is 13.2. The van der Waals surface area contributed by atoms with Crippen molar-refractivity contribution in [2.45, 2.75) is 13.3 Å². The molecule has 0 fully saturated rings. The molecule has 0 saturated heterocycles. The van der Waals surface area contributed by atoms with Crippen molar-refractivity contribution in [1.82, 2.24) is 14.3 Å². The van der Waals surface area contributed by atoms with Crippen LogP contribution in [0, 0.1) is 0 Å². The number of sulfonamides is 1. The van der Waals surface area contributed by atoms with E-state index in [9.17, 15) is 13.2 Å². The highest BCUT2D eigenvalue weighted by Crippen LogP contribution is 2.12. The van der Waals surface area contributed by atoms with Crippen LogP contribution in [-0.2, 0) is 10.0 Å². The number of H-pyrrole nitrogens is 1. The molecule has 0 aliphatic heterocycles. The van der Waals surface area contributed by atoms with Crippen LogP contribution < -0.4 is 10.9 Å². The van der Waals surface area contributed by atoms with Crippen LogP contribution in [-0.4, -0.2) is 48.6 Å². The lowest BCUT2D eigenvalue weighted by molar-refractivity contribution is 0.428. The maximum absolute atomic E-state index is 11.4. The lowest BCUT2D eigenvalue weighted by Gasteiger charge is -2.17. The maximum Gasteiger partial charge on any atom is 0.267 e. The minimum atomic E-state index is -3.15. The summed E-state index contributed by atoms with van der Waals surface area (Å²) in [5, 5.41) is 2.99. The number of rotatable bonds is 7. The second-order valence-corrected chi connectivity index (χ2v) is 6.70. The Balaban J connectivity index is 2.47. The number of nitrogens with one attached hydrogen (secondary N) is 2. The Bertz CT molecular complexity index is 572. The number of halogens is 1. The van der Waals surface area contributed by atoms with Gasteiger partial charge >= 0.3 is 0 Å². The molecule has 1 aromatic rings. The van der Waals surface area contributed by atoms with E-state index >= 15 is 0 Å². The van der Waals surface area contributed by atoms with E-state index < -0.39 is 10.0 Å². The number of aromatic nitrogens is 2. The summed E-state index contributed by atoms with van der Waals surface area (Å²) in [6, 6.07) is 0. The lowest BCUT2D eigenvalue weighted by Crippen LogP contribution is -2.31. The van der Waals surface area contributed by atoms with E-state index in [4.69, 9.17) is 0 Å². The predicted octanol–water partition coefficient (Wildman–Crippen LogP) is 0.616. The fraction of sp³-hybridized carbons (Fsp3) is 0.600. The quantitative estimate of drug-likeness (QED) is 0.701. The van der Waals surface area contributed by atoms with Gasteiger partial charge < -0.3 is 10.3 Å². The van der Waals surface area contributed by atoms with Gasteiger partial charge in [0.1, 0.15) is 10.3 Å². The zero-order chi connectivity index (χ0) is 14.5. The van der Waals surface area contributed by atoms with E-state index in [0.717, 1.165) is 0 Å². The Kier molecular flexibility index (Phi) is 5.95. The molecule has 0 aromatic carbocycles. The van der Waals surface area contributed by atoms with Crippen LogP contribution in [0.2, 0.25) is 0 Å². The molecule has 0 amide bonds. The summed E-state index contributed by atoms with van der Waals surface area (Å²) < 4.78 is 24.5. The largest absolute Gasteiger partial charge is 0.369 e. The Labute approximate surface area is 120 Å². The maximum atomic E-state index is 11.4. The highest BCUT2D eigenvalue weighted by atomic mass is 79.9. The monoisotopic (exact) mass is 352 g/mol. The summed E-state index contributed by atoms with van der Waals surface area (Å²) in [6.45, 7) is 3.21. The van der Waals surface area contributed by atoms with E-state index in [1.54, 1.807) is 6.92 Å². The number of hydrogen-bond acceptors (Lipinski definition) is 5. The van der Waals surface area contributed by atoms with Crippen LogP contribution in [0.15, 0.2) is 15.6 Å². The van der Waals surface area contributed by atoms with Gasteiger partial charge in [0.2, 0.25) is 10.0 Å². The van der Waals surface area contributed by atoms with Gasteiger partial charge in [0, 0.05) is 19.6 Å². The second-order valence-electron chi connectivity index (χ2n) is 3.93. The molecule has 19 heavy (non-hydrogen) atoms. The zero-order valence-electron chi connectivity index (χ0n) is 10.8. The molecule has 0 radical (unpaired) electrons. The molecule has 0 spiro atoms. The van der Waals surface area contributed by atoms with Crippen molar-refractivity contribution in [3.8, 4) is 0 Å². The minimum Gasteiger partial charge on any atom is -0.369 e. The Morgan fingerprint density at radius 1 is 1.53 bits per heavy atom. The first kappa shape index (κ1) is 16.1. The normalized spacial score (nSPS) is 11.8. The van der Waals surface area contributed by atoms with Crippen molar-refractivity contribution in [1.29, 1.82) is 0 Å². The van der Waals surface area contributed by atoms with Crippen LogP contribution in [0.1, 0.15) is 13.3 Å². The van der Waals surface area contributed by atoms with Gasteiger partial charge in [0.05, 0.1) is 12.6 Å². The Hall–Kier alpha value is -0.930. The van der Waals surface area contributed by atoms with Gasteiger partial charge in [-0.1, -0.05) is 6.92 Å². The average Bonchev–Trinajstić information content (AvgIpc) is 2.32. The molecule has 0 aliphatic carbocycles. The first-order valence-electron chi connectivity index (χ1n) is 5.78. The molecule has 108 valence electrons. The molecule has 7 nitrogen and oxygen atoms in total. The van der Waals surface area contributed by atoms with Gasteiger partial charge in [-0.15, -0.1) is 0 Å². The molecular weight excluding hydrogens is 336 g/mol. The van der Waals surface area contributed by atoms with Gasteiger partial charge in [-0.25, -0.2) is 17.7 Å². The smallest absolute Gasteiger partial charge is 0.267 e. The van der Waals surface area contributed by atoms with Crippen molar-refractivity contribution < 1.29 is 8.42 Å². The van der Waals surface area contributed by atoms with Crippen molar-refractivity contribution >= 4 is 31.8 Å². The summed E-state index contributed by atoms with van der Waals surface area (Å²) in [5.41, 5.74) is -0.260. The second kappa shape index (κ2) is 7.01. The van der Waals surface area contributed by atoms with E-state index in [-0.39, 0.29) is 5.56 Å². The first-order chi connectivity index (χ1) is 8.86. The molecule has 1 heterocycles. The summed E-state index contributed by atoms with van der Waals surface area (Å²) in [7, 11) is -3.15. The molecular formula is C10H17BrN4O3S. The van der Waals surface area contributed by atoms with Gasteiger partial charge in [-0.2, -0.15) is 0 Å². The van der Waals surface area contributed by atoms with E-state index in [1.165, 1.54) is 16.9 Å². The van der Waals surface area contributed by atoms with E-state index in [1.807, 2.05) is 0 Å². The molecule has 0 aliphatic rings. The number of nitrogens with zero attached hydrogens (tertiary/aromatic N) is 2. The SMILES string of the molecule is CCN(CCCNc1nc[nH]c(=O)c1Br)S(C)(=O)=O.